The van der Waals surface area contributed by atoms with Crippen LogP contribution >= 0.6 is 0 Å². The molecule has 0 aliphatic carbocycles. The molecule has 0 amide bonds. The Morgan fingerprint density at radius 3 is 2.30 bits per heavy atom. The van der Waals surface area contributed by atoms with Gasteiger partial charge in [0.15, 0.2) is 0 Å². The molecule has 0 aliphatic heterocycles. The van der Waals surface area contributed by atoms with E-state index in [2.05, 4.69) is 0 Å². The number of hydrogen-bond acceptors (Lipinski definition) is 4. The fourth-order valence-electron chi connectivity index (χ4n) is 0.424. The average molecular weight is 146 g/mol. The minimum absolute atomic E-state index is 0.134. The highest BCUT2D eigenvalue weighted by molar-refractivity contribution is 4.91. The molecule has 0 spiro atoms. The van der Waals surface area contributed by atoms with Gasteiger partial charge in [0.25, 0.3) is 0 Å². The lowest BCUT2D eigenvalue weighted by atomic mass is 10.3. The Balaban J connectivity index is 3.95. The number of hydrogen-bond donors (Lipinski definition) is 0. The summed E-state index contributed by atoms with van der Waals surface area (Å²) in [5.74, 6) is 0. The molecule has 0 aromatic heterocycles. The van der Waals surface area contributed by atoms with Crippen LogP contribution in [0.1, 0.15) is 6.92 Å². The smallest absolute Gasteiger partial charge is 0.239 e. The van der Waals surface area contributed by atoms with Gasteiger partial charge in [0.1, 0.15) is 0 Å². The Bertz CT molecular complexity index is 186. The summed E-state index contributed by atoms with van der Waals surface area (Å²) in [6.45, 7) is 0.868. The number of nitrogens with zero attached hydrogens (tertiary/aromatic N) is 2. The SMILES string of the molecule is CC(=C[N+](=O)[O-])C[N+](=O)[O-]. The second-order valence-electron chi connectivity index (χ2n) is 1.75. The summed E-state index contributed by atoms with van der Waals surface area (Å²) in [4.78, 5) is 18.1. The van der Waals surface area contributed by atoms with Crippen LogP contribution in [0.25, 0.3) is 0 Å². The topological polar surface area (TPSA) is 86.3 Å². The Kier molecular flexibility index (Phi) is 3.03. The third kappa shape index (κ3) is 4.69. The molecule has 10 heavy (non-hydrogen) atoms. The molecule has 0 aromatic rings. The van der Waals surface area contributed by atoms with E-state index in [0.29, 0.717) is 6.20 Å². The number of nitro groups is 2. The highest BCUT2D eigenvalue weighted by Gasteiger charge is 2.02. The lowest BCUT2D eigenvalue weighted by molar-refractivity contribution is -0.473. The molecular weight excluding hydrogens is 140 g/mol. The molecule has 0 saturated carbocycles. The van der Waals surface area contributed by atoms with E-state index in [4.69, 9.17) is 0 Å². The zero-order valence-corrected chi connectivity index (χ0v) is 5.31. The molecule has 0 fully saturated rings. The summed E-state index contributed by atoms with van der Waals surface area (Å²) in [6, 6.07) is 0. The van der Waals surface area contributed by atoms with Gasteiger partial charge in [-0.2, -0.15) is 0 Å². The van der Waals surface area contributed by atoms with E-state index in [1.54, 1.807) is 0 Å². The highest BCUT2D eigenvalue weighted by atomic mass is 16.6. The lowest BCUT2D eigenvalue weighted by Gasteiger charge is -1.87. The second kappa shape index (κ2) is 3.54. The predicted molar refractivity (Wildman–Crippen MR) is 32.6 cm³/mol. The maximum absolute atomic E-state index is 9.73. The molecule has 0 saturated heterocycles. The maximum atomic E-state index is 9.73. The molecule has 6 heteroatoms. The van der Waals surface area contributed by atoms with Crippen molar-refractivity contribution in [3.8, 4) is 0 Å². The minimum atomic E-state index is -0.709. The van der Waals surface area contributed by atoms with Crippen LogP contribution in [-0.2, 0) is 0 Å². The Hall–Kier alpha value is -1.46. The minimum Gasteiger partial charge on any atom is -0.264 e. The molecule has 0 aromatic carbocycles. The van der Waals surface area contributed by atoms with E-state index < -0.39 is 16.4 Å². The summed E-state index contributed by atoms with van der Waals surface area (Å²) in [5.41, 5.74) is 0.134. The van der Waals surface area contributed by atoms with Crippen LogP contribution in [0.2, 0.25) is 0 Å². The van der Waals surface area contributed by atoms with Crippen LogP contribution in [0.3, 0.4) is 0 Å². The number of rotatable bonds is 3. The predicted octanol–water partition coefficient (Wildman–Crippen LogP) is 0.444. The van der Waals surface area contributed by atoms with Crippen molar-refractivity contribution in [1.29, 1.82) is 0 Å². The van der Waals surface area contributed by atoms with E-state index in [1.807, 2.05) is 0 Å². The van der Waals surface area contributed by atoms with Crippen molar-refractivity contribution >= 4 is 0 Å². The lowest BCUT2D eigenvalue weighted by Crippen LogP contribution is -2.03. The van der Waals surface area contributed by atoms with Crippen molar-refractivity contribution in [1.82, 2.24) is 0 Å². The monoisotopic (exact) mass is 146 g/mol. The Morgan fingerprint density at radius 2 is 2.00 bits per heavy atom. The highest BCUT2D eigenvalue weighted by Crippen LogP contribution is 1.91. The summed E-state index contributed by atoms with van der Waals surface area (Å²) < 4.78 is 0. The van der Waals surface area contributed by atoms with Crippen LogP contribution in [0, 0.1) is 20.2 Å². The normalized spacial score (nSPS) is 11.1. The quantitative estimate of drug-likeness (QED) is 0.427. The molecular formula is C4H6N2O4. The third-order valence-corrected chi connectivity index (χ3v) is 0.704. The van der Waals surface area contributed by atoms with Gasteiger partial charge in [0, 0.05) is 4.92 Å². The van der Waals surface area contributed by atoms with E-state index >= 15 is 0 Å². The van der Waals surface area contributed by atoms with E-state index in [-0.39, 0.29) is 5.57 Å². The van der Waals surface area contributed by atoms with Gasteiger partial charge in [0.05, 0.1) is 10.5 Å². The molecule has 0 heterocycles. The molecule has 0 radical (unpaired) electrons. The van der Waals surface area contributed by atoms with Gasteiger partial charge >= 0.3 is 0 Å². The van der Waals surface area contributed by atoms with Gasteiger partial charge in [-0.05, 0) is 6.92 Å². The molecule has 0 rings (SSSR count). The van der Waals surface area contributed by atoms with Gasteiger partial charge in [-0.3, -0.25) is 20.2 Å². The molecule has 0 aliphatic rings. The molecule has 0 unspecified atom stereocenters. The van der Waals surface area contributed by atoms with Crippen LogP contribution in [0.15, 0.2) is 11.8 Å². The fourth-order valence-corrected chi connectivity index (χ4v) is 0.424. The second-order valence-corrected chi connectivity index (χ2v) is 1.75. The molecule has 0 N–H and O–H groups in total. The summed E-state index contributed by atoms with van der Waals surface area (Å²) in [5, 5.41) is 19.4. The van der Waals surface area contributed by atoms with Crippen molar-refractivity contribution in [3.05, 3.63) is 32.0 Å². The van der Waals surface area contributed by atoms with Gasteiger partial charge < -0.3 is 0 Å². The van der Waals surface area contributed by atoms with Gasteiger partial charge in [-0.1, -0.05) is 0 Å². The van der Waals surface area contributed by atoms with E-state index in [0.717, 1.165) is 0 Å². The standard InChI is InChI=1S/C4H6N2O4/c1-4(2-5(7)8)3-6(9)10/h2H,3H2,1H3. The molecule has 56 valence electrons. The average Bonchev–Trinajstić information content (AvgIpc) is 1.58. The zero-order chi connectivity index (χ0) is 8.15. The first-order chi connectivity index (χ1) is 4.52. The first-order valence-electron chi connectivity index (χ1n) is 2.45. The first-order valence-corrected chi connectivity index (χ1v) is 2.45. The first kappa shape index (κ1) is 8.54. The molecule has 0 bridgehead atoms. The van der Waals surface area contributed by atoms with E-state index in [1.165, 1.54) is 6.92 Å². The summed E-state index contributed by atoms with van der Waals surface area (Å²) in [6.07, 6.45) is 0.628. The third-order valence-electron chi connectivity index (χ3n) is 0.704. The van der Waals surface area contributed by atoms with Gasteiger partial charge in [-0.25, -0.2) is 0 Å². The van der Waals surface area contributed by atoms with Crippen LogP contribution in [-0.4, -0.2) is 16.4 Å². The van der Waals surface area contributed by atoms with Crippen LogP contribution in [0.4, 0.5) is 0 Å². The zero-order valence-electron chi connectivity index (χ0n) is 5.31. The van der Waals surface area contributed by atoms with Crippen molar-refractivity contribution in [2.24, 2.45) is 0 Å². The maximum Gasteiger partial charge on any atom is 0.239 e. The molecule has 0 atom stereocenters. The Labute approximate surface area is 56.5 Å². The van der Waals surface area contributed by atoms with Crippen molar-refractivity contribution in [2.45, 2.75) is 6.92 Å². The van der Waals surface area contributed by atoms with Crippen LogP contribution < -0.4 is 0 Å². The van der Waals surface area contributed by atoms with Crippen molar-refractivity contribution in [3.63, 3.8) is 0 Å². The van der Waals surface area contributed by atoms with Gasteiger partial charge in [0.2, 0.25) is 12.7 Å². The van der Waals surface area contributed by atoms with Crippen LogP contribution in [0.5, 0.6) is 0 Å². The van der Waals surface area contributed by atoms with Gasteiger partial charge in [-0.15, -0.1) is 0 Å². The largest absolute Gasteiger partial charge is 0.264 e. The Morgan fingerprint density at radius 1 is 1.50 bits per heavy atom. The molecule has 6 nitrogen and oxygen atoms in total. The summed E-state index contributed by atoms with van der Waals surface area (Å²) in [7, 11) is 0. The van der Waals surface area contributed by atoms with Crippen molar-refractivity contribution in [2.75, 3.05) is 6.54 Å². The van der Waals surface area contributed by atoms with E-state index in [9.17, 15) is 20.2 Å². The summed E-state index contributed by atoms with van der Waals surface area (Å²) >= 11 is 0. The fraction of sp³-hybridized carbons (Fsp3) is 0.500. The van der Waals surface area contributed by atoms with Crippen molar-refractivity contribution < 1.29 is 9.85 Å².